The highest BCUT2D eigenvalue weighted by atomic mass is 35.5. The first-order valence-corrected chi connectivity index (χ1v) is 11.1. The number of likely N-dealkylation sites (N-methyl/N-ethyl adjacent to an activating group) is 1. The van der Waals surface area contributed by atoms with E-state index in [-0.39, 0.29) is 11.8 Å². The highest BCUT2D eigenvalue weighted by molar-refractivity contribution is 6.42. The number of hydrogen-bond donors (Lipinski definition) is 2. The molecule has 6 nitrogen and oxygen atoms in total. The number of nitrogens with one attached hydrogen (secondary N) is 2. The van der Waals surface area contributed by atoms with Gasteiger partial charge in [0.25, 0.3) is 11.8 Å². The third-order valence-electron chi connectivity index (χ3n) is 5.18. The molecule has 1 aliphatic heterocycles. The van der Waals surface area contributed by atoms with Crippen LogP contribution in [0.15, 0.2) is 54.0 Å². The maximum absolute atomic E-state index is 12.8. The van der Waals surface area contributed by atoms with Crippen molar-refractivity contribution in [3.8, 4) is 0 Å². The van der Waals surface area contributed by atoms with Crippen molar-refractivity contribution >= 4 is 35.0 Å². The number of rotatable bonds is 10. The highest BCUT2D eigenvalue weighted by Crippen LogP contribution is 2.23. The van der Waals surface area contributed by atoms with E-state index in [0.717, 1.165) is 30.4 Å². The number of benzene rings is 1. The normalized spacial score (nSPS) is 13.6. The molecule has 3 rings (SSSR count). The predicted octanol–water partition coefficient (Wildman–Crippen LogP) is 3.39. The summed E-state index contributed by atoms with van der Waals surface area (Å²) in [4.78, 5) is 31.1. The zero-order chi connectivity index (χ0) is 22.2. The molecular formula is C23H26Cl2N4O2. The molecular weight excluding hydrogens is 435 g/mol. The van der Waals surface area contributed by atoms with E-state index in [4.69, 9.17) is 23.2 Å². The van der Waals surface area contributed by atoms with Crippen molar-refractivity contribution in [3.63, 3.8) is 0 Å². The first-order valence-electron chi connectivity index (χ1n) is 10.4. The molecule has 1 aliphatic rings. The van der Waals surface area contributed by atoms with Gasteiger partial charge in [-0.15, -0.1) is 0 Å². The molecule has 0 saturated carbocycles. The van der Waals surface area contributed by atoms with Crippen molar-refractivity contribution in [1.29, 1.82) is 0 Å². The SMILES string of the molecule is CCN1CC(C(=O)NCCCc2ccc(Cl)c(Cl)c2)=C(NCCc2ccncc2)C1=O. The van der Waals surface area contributed by atoms with Crippen LogP contribution in [0.4, 0.5) is 0 Å². The summed E-state index contributed by atoms with van der Waals surface area (Å²) in [5.74, 6) is -0.331. The minimum Gasteiger partial charge on any atom is -0.380 e. The van der Waals surface area contributed by atoms with Crippen molar-refractivity contribution in [2.45, 2.75) is 26.2 Å². The number of aromatic nitrogens is 1. The van der Waals surface area contributed by atoms with Gasteiger partial charge in [-0.05, 0) is 61.6 Å². The largest absolute Gasteiger partial charge is 0.380 e. The fourth-order valence-corrected chi connectivity index (χ4v) is 3.75. The zero-order valence-electron chi connectivity index (χ0n) is 17.5. The molecule has 0 aliphatic carbocycles. The van der Waals surface area contributed by atoms with E-state index in [1.165, 1.54) is 0 Å². The monoisotopic (exact) mass is 460 g/mol. The Balaban J connectivity index is 1.54. The molecule has 2 aromatic rings. The van der Waals surface area contributed by atoms with Gasteiger partial charge in [-0.25, -0.2) is 0 Å². The van der Waals surface area contributed by atoms with Crippen molar-refractivity contribution in [3.05, 3.63) is 75.2 Å². The number of carbonyl (C=O) groups excluding carboxylic acids is 2. The summed E-state index contributed by atoms with van der Waals surface area (Å²) in [7, 11) is 0. The van der Waals surface area contributed by atoms with Crippen LogP contribution in [-0.2, 0) is 22.4 Å². The van der Waals surface area contributed by atoms with Crippen LogP contribution in [-0.4, -0.2) is 47.9 Å². The van der Waals surface area contributed by atoms with E-state index in [1.54, 1.807) is 23.4 Å². The summed E-state index contributed by atoms with van der Waals surface area (Å²) in [6, 6.07) is 9.42. The van der Waals surface area contributed by atoms with E-state index in [0.29, 0.717) is 47.5 Å². The standard InChI is InChI=1S/C23H26Cl2N4O2/c1-2-29-15-18(21(23(29)31)27-13-9-16-7-11-26-12-8-16)22(30)28-10-3-4-17-5-6-19(24)20(25)14-17/h5-8,11-12,14,27H,2-4,9-10,13,15H2,1H3,(H,28,30). The molecule has 0 radical (unpaired) electrons. The average molecular weight is 461 g/mol. The van der Waals surface area contributed by atoms with Crippen molar-refractivity contribution in [2.75, 3.05) is 26.2 Å². The summed E-state index contributed by atoms with van der Waals surface area (Å²) < 4.78 is 0. The fourth-order valence-electron chi connectivity index (χ4n) is 3.43. The summed E-state index contributed by atoms with van der Waals surface area (Å²) >= 11 is 12.0. The summed E-state index contributed by atoms with van der Waals surface area (Å²) in [6.07, 6.45) is 5.75. The lowest BCUT2D eigenvalue weighted by molar-refractivity contribution is -0.125. The first kappa shape index (κ1) is 23.1. The van der Waals surface area contributed by atoms with Gasteiger partial charge in [-0.3, -0.25) is 14.6 Å². The van der Waals surface area contributed by atoms with Crippen LogP contribution in [0, 0.1) is 0 Å². The third-order valence-corrected chi connectivity index (χ3v) is 5.92. The Hall–Kier alpha value is -2.57. The first-order chi connectivity index (χ1) is 15.0. The molecule has 0 fully saturated rings. The second-order valence-corrected chi connectivity index (χ2v) is 8.13. The lowest BCUT2D eigenvalue weighted by Gasteiger charge is -2.13. The number of pyridine rings is 1. The fraction of sp³-hybridized carbons (Fsp3) is 0.348. The van der Waals surface area contributed by atoms with Gasteiger partial charge in [0.05, 0.1) is 22.2 Å². The van der Waals surface area contributed by atoms with Gasteiger partial charge < -0.3 is 15.5 Å². The second kappa shape index (κ2) is 11.2. The third kappa shape index (κ3) is 6.21. The van der Waals surface area contributed by atoms with Crippen molar-refractivity contribution in [1.82, 2.24) is 20.5 Å². The smallest absolute Gasteiger partial charge is 0.270 e. The minimum absolute atomic E-state index is 0.127. The van der Waals surface area contributed by atoms with Gasteiger partial charge in [0.1, 0.15) is 5.70 Å². The number of hydrogen-bond acceptors (Lipinski definition) is 4. The number of nitrogens with zero attached hydrogens (tertiary/aromatic N) is 2. The maximum Gasteiger partial charge on any atom is 0.270 e. The molecule has 0 bridgehead atoms. The van der Waals surface area contributed by atoms with E-state index >= 15 is 0 Å². The Bertz CT molecular complexity index is 963. The molecule has 1 aromatic heterocycles. The number of aryl methyl sites for hydroxylation is 1. The van der Waals surface area contributed by atoms with E-state index in [2.05, 4.69) is 15.6 Å². The van der Waals surface area contributed by atoms with Gasteiger partial charge in [-0.1, -0.05) is 29.3 Å². The molecule has 0 saturated heterocycles. The van der Waals surface area contributed by atoms with Crippen molar-refractivity contribution in [2.24, 2.45) is 0 Å². The van der Waals surface area contributed by atoms with Gasteiger partial charge >= 0.3 is 0 Å². The molecule has 0 unspecified atom stereocenters. The summed E-state index contributed by atoms with van der Waals surface area (Å²) in [5.41, 5.74) is 3.08. The maximum atomic E-state index is 12.8. The lowest BCUT2D eigenvalue weighted by atomic mass is 10.1. The Kier molecular flexibility index (Phi) is 8.32. The topological polar surface area (TPSA) is 74.3 Å². The van der Waals surface area contributed by atoms with Gasteiger partial charge in [0, 0.05) is 32.0 Å². The molecule has 1 aromatic carbocycles. The molecule has 2 heterocycles. The quantitative estimate of drug-likeness (QED) is 0.532. The van der Waals surface area contributed by atoms with Gasteiger partial charge in [-0.2, -0.15) is 0 Å². The van der Waals surface area contributed by atoms with Crippen LogP contribution in [0.25, 0.3) is 0 Å². The van der Waals surface area contributed by atoms with Gasteiger partial charge in [0.2, 0.25) is 0 Å². The van der Waals surface area contributed by atoms with Crippen molar-refractivity contribution < 1.29 is 9.59 Å². The van der Waals surface area contributed by atoms with Crippen LogP contribution < -0.4 is 10.6 Å². The second-order valence-electron chi connectivity index (χ2n) is 7.31. The average Bonchev–Trinajstić information content (AvgIpc) is 3.10. The van der Waals surface area contributed by atoms with Crippen LogP contribution >= 0.6 is 23.2 Å². The molecule has 0 atom stereocenters. The molecule has 0 spiro atoms. The van der Waals surface area contributed by atoms with Crippen LogP contribution in [0.1, 0.15) is 24.5 Å². The number of amides is 2. The Labute approximate surface area is 192 Å². The Morgan fingerprint density at radius 2 is 1.84 bits per heavy atom. The predicted molar refractivity (Wildman–Crippen MR) is 123 cm³/mol. The molecule has 2 N–H and O–H groups in total. The molecule has 164 valence electrons. The van der Waals surface area contributed by atoms with Gasteiger partial charge in [0.15, 0.2) is 0 Å². The Morgan fingerprint density at radius 3 is 2.55 bits per heavy atom. The molecule has 2 amide bonds. The number of halogens is 2. The lowest BCUT2D eigenvalue weighted by Crippen LogP contribution is -2.31. The van der Waals surface area contributed by atoms with E-state index < -0.39 is 0 Å². The highest BCUT2D eigenvalue weighted by Gasteiger charge is 2.32. The van der Waals surface area contributed by atoms with Crippen LogP contribution in [0.5, 0.6) is 0 Å². The minimum atomic E-state index is -0.204. The summed E-state index contributed by atoms with van der Waals surface area (Å²) in [6.45, 7) is 3.86. The van der Waals surface area contributed by atoms with Crippen LogP contribution in [0.3, 0.4) is 0 Å². The summed E-state index contributed by atoms with van der Waals surface area (Å²) in [5, 5.41) is 7.18. The number of carbonyl (C=O) groups is 2. The van der Waals surface area contributed by atoms with E-state index in [9.17, 15) is 9.59 Å². The molecule has 8 heteroatoms. The van der Waals surface area contributed by atoms with E-state index in [1.807, 2.05) is 31.2 Å². The zero-order valence-corrected chi connectivity index (χ0v) is 19.0. The van der Waals surface area contributed by atoms with Crippen LogP contribution in [0.2, 0.25) is 10.0 Å². The Morgan fingerprint density at radius 1 is 1.06 bits per heavy atom. The molecule has 31 heavy (non-hydrogen) atoms.